The molecule has 18 heavy (non-hydrogen) atoms. The van der Waals surface area contributed by atoms with Crippen molar-refractivity contribution in [2.75, 3.05) is 33.4 Å². The Hall–Kier alpha value is -0.160. The number of nitrogens with zero attached hydrogens (tertiary/aromatic N) is 1. The maximum Gasteiger partial charge on any atom is 0.0674 e. The van der Waals surface area contributed by atoms with Gasteiger partial charge in [-0.3, -0.25) is 4.90 Å². The van der Waals surface area contributed by atoms with Gasteiger partial charge in [-0.1, -0.05) is 0 Å². The number of hydrogen-bond acceptors (Lipinski definition) is 4. The summed E-state index contributed by atoms with van der Waals surface area (Å²) in [5.41, 5.74) is -0.0562. The fourth-order valence-electron chi connectivity index (χ4n) is 3.45. The minimum atomic E-state index is -0.0562. The van der Waals surface area contributed by atoms with Crippen LogP contribution in [0.25, 0.3) is 0 Å². The van der Waals surface area contributed by atoms with E-state index < -0.39 is 0 Å². The summed E-state index contributed by atoms with van der Waals surface area (Å²) in [6.45, 7) is 5.48. The van der Waals surface area contributed by atoms with E-state index in [1.807, 2.05) is 7.05 Å². The third kappa shape index (κ3) is 3.23. The van der Waals surface area contributed by atoms with Crippen LogP contribution in [-0.2, 0) is 4.74 Å². The number of aliphatic hydroxyl groups excluding tert-OH is 1. The molecule has 4 heteroatoms. The van der Waals surface area contributed by atoms with Crippen molar-refractivity contribution >= 4 is 0 Å². The van der Waals surface area contributed by atoms with Gasteiger partial charge in [0.05, 0.1) is 12.7 Å². The van der Waals surface area contributed by atoms with Gasteiger partial charge < -0.3 is 15.2 Å². The van der Waals surface area contributed by atoms with Gasteiger partial charge in [0.2, 0.25) is 0 Å². The Labute approximate surface area is 111 Å². The first-order valence-electron chi connectivity index (χ1n) is 7.34. The van der Waals surface area contributed by atoms with E-state index in [2.05, 4.69) is 17.1 Å². The Morgan fingerprint density at radius 1 is 1.44 bits per heavy atom. The van der Waals surface area contributed by atoms with Crippen molar-refractivity contribution in [3.05, 3.63) is 0 Å². The van der Waals surface area contributed by atoms with Gasteiger partial charge in [0.15, 0.2) is 0 Å². The van der Waals surface area contributed by atoms with Crippen molar-refractivity contribution in [2.45, 2.75) is 56.7 Å². The maximum atomic E-state index is 9.66. The highest BCUT2D eigenvalue weighted by molar-refractivity contribution is 4.96. The van der Waals surface area contributed by atoms with E-state index in [0.29, 0.717) is 12.1 Å². The summed E-state index contributed by atoms with van der Waals surface area (Å²) in [4.78, 5) is 2.58. The second-order valence-corrected chi connectivity index (χ2v) is 5.97. The van der Waals surface area contributed by atoms with E-state index in [9.17, 15) is 5.11 Å². The molecule has 106 valence electrons. The van der Waals surface area contributed by atoms with Crippen molar-refractivity contribution in [2.24, 2.45) is 0 Å². The van der Waals surface area contributed by atoms with Crippen LogP contribution in [0.4, 0.5) is 0 Å². The van der Waals surface area contributed by atoms with Crippen molar-refractivity contribution < 1.29 is 9.84 Å². The van der Waals surface area contributed by atoms with Crippen LogP contribution in [0.2, 0.25) is 0 Å². The molecule has 1 saturated carbocycles. The summed E-state index contributed by atoms with van der Waals surface area (Å²) >= 11 is 0. The SMILES string of the molecule is CNC1(CO)CCCC(N2CCCOC(C)C2)C1. The molecule has 2 N–H and O–H groups in total. The Morgan fingerprint density at radius 2 is 2.28 bits per heavy atom. The van der Waals surface area contributed by atoms with E-state index in [1.54, 1.807) is 0 Å². The minimum absolute atomic E-state index is 0.0562. The smallest absolute Gasteiger partial charge is 0.0674 e. The van der Waals surface area contributed by atoms with Crippen LogP contribution >= 0.6 is 0 Å². The van der Waals surface area contributed by atoms with Crippen LogP contribution < -0.4 is 5.32 Å². The number of likely N-dealkylation sites (N-methyl/N-ethyl adjacent to an activating group) is 1. The summed E-state index contributed by atoms with van der Waals surface area (Å²) in [5, 5.41) is 13.0. The standard InChI is InChI=1S/C14H28N2O2/c1-12-10-16(7-4-8-18-12)13-5-3-6-14(9-13,11-17)15-2/h12-13,15,17H,3-11H2,1-2H3. The highest BCUT2D eigenvalue weighted by Gasteiger charge is 2.37. The molecule has 4 nitrogen and oxygen atoms in total. The highest BCUT2D eigenvalue weighted by atomic mass is 16.5. The van der Waals surface area contributed by atoms with Gasteiger partial charge in [-0.2, -0.15) is 0 Å². The number of ether oxygens (including phenoxy) is 1. The monoisotopic (exact) mass is 256 g/mol. The summed E-state index contributed by atoms with van der Waals surface area (Å²) < 4.78 is 5.72. The molecule has 0 aromatic carbocycles. The van der Waals surface area contributed by atoms with E-state index in [0.717, 1.165) is 39.0 Å². The first-order chi connectivity index (χ1) is 8.69. The molecule has 2 aliphatic rings. The van der Waals surface area contributed by atoms with Crippen LogP contribution in [0.3, 0.4) is 0 Å². The summed E-state index contributed by atoms with van der Waals surface area (Å²) in [6, 6.07) is 0.600. The molecular formula is C14H28N2O2. The van der Waals surface area contributed by atoms with Crippen molar-refractivity contribution in [1.29, 1.82) is 0 Å². The van der Waals surface area contributed by atoms with Gasteiger partial charge in [0.1, 0.15) is 0 Å². The third-order valence-corrected chi connectivity index (χ3v) is 4.65. The first-order valence-corrected chi connectivity index (χ1v) is 7.34. The topological polar surface area (TPSA) is 44.7 Å². The molecular weight excluding hydrogens is 228 g/mol. The molecule has 0 aromatic rings. The molecule has 1 heterocycles. The van der Waals surface area contributed by atoms with E-state index in [-0.39, 0.29) is 12.1 Å². The zero-order valence-corrected chi connectivity index (χ0v) is 11.8. The molecule has 0 aromatic heterocycles. The van der Waals surface area contributed by atoms with Crippen LogP contribution in [-0.4, -0.2) is 61.0 Å². The van der Waals surface area contributed by atoms with Crippen LogP contribution in [0.1, 0.15) is 39.0 Å². The van der Waals surface area contributed by atoms with Gasteiger partial charge >= 0.3 is 0 Å². The lowest BCUT2D eigenvalue weighted by molar-refractivity contribution is 0.0365. The predicted molar refractivity (Wildman–Crippen MR) is 72.7 cm³/mol. The van der Waals surface area contributed by atoms with Crippen LogP contribution in [0, 0.1) is 0 Å². The molecule has 0 amide bonds. The van der Waals surface area contributed by atoms with E-state index >= 15 is 0 Å². The second kappa shape index (κ2) is 6.33. The largest absolute Gasteiger partial charge is 0.394 e. The Kier molecular flexibility index (Phi) is 5.01. The molecule has 0 radical (unpaired) electrons. The molecule has 1 aliphatic carbocycles. The Morgan fingerprint density at radius 3 is 3.00 bits per heavy atom. The van der Waals surface area contributed by atoms with E-state index in [1.165, 1.54) is 12.8 Å². The van der Waals surface area contributed by atoms with Gasteiger partial charge in [-0.15, -0.1) is 0 Å². The van der Waals surface area contributed by atoms with Crippen LogP contribution in [0.5, 0.6) is 0 Å². The number of hydrogen-bond donors (Lipinski definition) is 2. The lowest BCUT2D eigenvalue weighted by atomic mass is 9.79. The molecule has 1 aliphatic heterocycles. The second-order valence-electron chi connectivity index (χ2n) is 5.97. The normalized spacial score (nSPS) is 39.5. The third-order valence-electron chi connectivity index (χ3n) is 4.65. The molecule has 3 atom stereocenters. The molecule has 0 spiro atoms. The van der Waals surface area contributed by atoms with Gasteiger partial charge in [0, 0.05) is 31.3 Å². The minimum Gasteiger partial charge on any atom is -0.394 e. The summed E-state index contributed by atoms with van der Waals surface area (Å²) in [6.07, 6.45) is 6.09. The van der Waals surface area contributed by atoms with Gasteiger partial charge in [-0.25, -0.2) is 0 Å². The highest BCUT2D eigenvalue weighted by Crippen LogP contribution is 2.31. The van der Waals surface area contributed by atoms with Crippen molar-refractivity contribution in [3.63, 3.8) is 0 Å². The number of aliphatic hydroxyl groups is 1. The predicted octanol–water partition coefficient (Wildman–Crippen LogP) is 0.990. The lowest BCUT2D eigenvalue weighted by Crippen LogP contribution is -2.55. The Bertz CT molecular complexity index is 256. The number of nitrogens with one attached hydrogen (secondary N) is 1. The molecule has 2 fully saturated rings. The summed E-state index contributed by atoms with van der Waals surface area (Å²) in [5.74, 6) is 0. The fraction of sp³-hybridized carbons (Fsp3) is 1.00. The molecule has 3 unspecified atom stereocenters. The lowest BCUT2D eigenvalue weighted by Gasteiger charge is -2.44. The molecule has 2 rings (SSSR count). The summed E-state index contributed by atoms with van der Waals surface area (Å²) in [7, 11) is 1.98. The molecule has 1 saturated heterocycles. The maximum absolute atomic E-state index is 9.66. The van der Waals surface area contributed by atoms with Crippen molar-refractivity contribution in [1.82, 2.24) is 10.2 Å². The first kappa shape index (κ1) is 14.3. The quantitative estimate of drug-likeness (QED) is 0.790. The van der Waals surface area contributed by atoms with Crippen LogP contribution in [0.15, 0.2) is 0 Å². The average Bonchev–Trinajstić information content (AvgIpc) is 2.63. The zero-order chi connectivity index (χ0) is 13.0. The van der Waals surface area contributed by atoms with Crippen molar-refractivity contribution in [3.8, 4) is 0 Å². The number of rotatable bonds is 3. The zero-order valence-electron chi connectivity index (χ0n) is 11.8. The fourth-order valence-corrected chi connectivity index (χ4v) is 3.45. The van der Waals surface area contributed by atoms with Gasteiger partial charge in [-0.05, 0) is 46.1 Å². The average molecular weight is 256 g/mol. The van der Waals surface area contributed by atoms with E-state index in [4.69, 9.17) is 4.74 Å². The Balaban J connectivity index is 1.98. The van der Waals surface area contributed by atoms with Gasteiger partial charge in [0.25, 0.3) is 0 Å². The molecule has 0 bridgehead atoms.